The van der Waals surface area contributed by atoms with Gasteiger partial charge in [0.15, 0.2) is 0 Å². The third-order valence-corrected chi connectivity index (χ3v) is 3.82. The van der Waals surface area contributed by atoms with Crippen LogP contribution in [-0.2, 0) is 27.0 Å². The number of aliphatic imine (C=N–C) groups is 1. The average molecular weight is 400 g/mol. The van der Waals surface area contributed by atoms with Gasteiger partial charge in [-0.1, -0.05) is 12.1 Å². The number of amides is 3. The van der Waals surface area contributed by atoms with Crippen LogP contribution in [0.1, 0.15) is 37.8 Å². The number of hydrogen-bond acceptors (Lipinski definition) is 4. The SMILES string of the molecule is CC(C)(NC(=O)C(CCCN)=NC(=O)Cc1ccc(C(F)(F)F)cc1)C(N)=O. The number of rotatable bonds is 8. The van der Waals surface area contributed by atoms with Crippen LogP contribution in [0.25, 0.3) is 0 Å². The maximum atomic E-state index is 12.6. The minimum atomic E-state index is -4.47. The van der Waals surface area contributed by atoms with E-state index in [1.54, 1.807) is 0 Å². The van der Waals surface area contributed by atoms with Crippen LogP contribution < -0.4 is 16.8 Å². The lowest BCUT2D eigenvalue weighted by Gasteiger charge is -2.22. The number of halogens is 3. The number of nitrogens with zero attached hydrogens (tertiary/aromatic N) is 1. The molecule has 0 unspecified atom stereocenters. The summed E-state index contributed by atoms with van der Waals surface area (Å²) >= 11 is 0. The van der Waals surface area contributed by atoms with E-state index in [-0.39, 0.29) is 25.1 Å². The molecule has 0 aromatic heterocycles. The fourth-order valence-electron chi connectivity index (χ4n) is 2.08. The van der Waals surface area contributed by atoms with E-state index < -0.39 is 35.0 Å². The molecule has 0 spiro atoms. The van der Waals surface area contributed by atoms with Crippen molar-refractivity contribution >= 4 is 23.4 Å². The van der Waals surface area contributed by atoms with Gasteiger partial charge in [0, 0.05) is 0 Å². The summed E-state index contributed by atoms with van der Waals surface area (Å²) in [6.45, 7) is 3.05. The molecule has 0 heterocycles. The predicted octanol–water partition coefficient (Wildman–Crippen LogP) is 1.33. The van der Waals surface area contributed by atoms with Crippen molar-refractivity contribution in [3.63, 3.8) is 0 Å². The highest BCUT2D eigenvalue weighted by Crippen LogP contribution is 2.29. The predicted molar refractivity (Wildman–Crippen MR) is 97.3 cm³/mol. The molecule has 1 aromatic rings. The normalized spacial score (nSPS) is 12.6. The Labute approximate surface area is 160 Å². The van der Waals surface area contributed by atoms with Gasteiger partial charge in [-0.3, -0.25) is 14.4 Å². The summed E-state index contributed by atoms with van der Waals surface area (Å²) in [6, 6.07) is 4.08. The largest absolute Gasteiger partial charge is 0.416 e. The van der Waals surface area contributed by atoms with Crippen molar-refractivity contribution < 1.29 is 27.6 Å². The van der Waals surface area contributed by atoms with E-state index in [1.807, 2.05) is 0 Å². The highest BCUT2D eigenvalue weighted by molar-refractivity contribution is 6.40. The van der Waals surface area contributed by atoms with Gasteiger partial charge in [-0.2, -0.15) is 13.2 Å². The highest BCUT2D eigenvalue weighted by atomic mass is 19.4. The van der Waals surface area contributed by atoms with Gasteiger partial charge in [0.1, 0.15) is 11.3 Å². The Morgan fingerprint density at radius 3 is 2.14 bits per heavy atom. The van der Waals surface area contributed by atoms with Gasteiger partial charge in [-0.05, 0) is 50.9 Å². The molecular weight excluding hydrogens is 377 g/mol. The number of hydrogen-bond donors (Lipinski definition) is 3. The Morgan fingerprint density at radius 2 is 1.68 bits per heavy atom. The van der Waals surface area contributed by atoms with Crippen molar-refractivity contribution in [2.75, 3.05) is 6.54 Å². The molecular formula is C18H23F3N4O3. The molecule has 1 aromatic carbocycles. The maximum absolute atomic E-state index is 12.6. The number of nitrogens with one attached hydrogen (secondary N) is 1. The Bertz CT molecular complexity index is 756. The van der Waals surface area contributed by atoms with Gasteiger partial charge >= 0.3 is 6.18 Å². The zero-order valence-corrected chi connectivity index (χ0v) is 15.6. The zero-order chi connectivity index (χ0) is 21.5. The lowest BCUT2D eigenvalue weighted by atomic mass is 10.0. The van der Waals surface area contributed by atoms with Crippen molar-refractivity contribution in [3.05, 3.63) is 35.4 Å². The quantitative estimate of drug-likeness (QED) is 0.569. The summed E-state index contributed by atoms with van der Waals surface area (Å²) in [5.74, 6) is -2.22. The molecule has 1 rings (SSSR count). The van der Waals surface area contributed by atoms with Crippen LogP contribution in [0, 0.1) is 0 Å². The monoisotopic (exact) mass is 400 g/mol. The Morgan fingerprint density at radius 1 is 1.11 bits per heavy atom. The number of primary amides is 1. The van der Waals surface area contributed by atoms with Crippen LogP contribution in [0.15, 0.2) is 29.3 Å². The van der Waals surface area contributed by atoms with Gasteiger partial charge < -0.3 is 16.8 Å². The van der Waals surface area contributed by atoms with E-state index >= 15 is 0 Å². The van der Waals surface area contributed by atoms with Gasteiger partial charge in [0.05, 0.1) is 12.0 Å². The molecule has 28 heavy (non-hydrogen) atoms. The molecule has 0 saturated heterocycles. The fraction of sp³-hybridized carbons (Fsp3) is 0.444. The molecule has 7 nitrogen and oxygen atoms in total. The van der Waals surface area contributed by atoms with E-state index in [4.69, 9.17) is 11.5 Å². The van der Waals surface area contributed by atoms with Crippen LogP contribution in [0.2, 0.25) is 0 Å². The third-order valence-electron chi connectivity index (χ3n) is 3.82. The average Bonchev–Trinajstić information content (AvgIpc) is 2.57. The van der Waals surface area contributed by atoms with Crippen molar-refractivity contribution in [1.82, 2.24) is 5.32 Å². The maximum Gasteiger partial charge on any atom is 0.416 e. The minimum absolute atomic E-state index is 0.0932. The molecule has 0 radical (unpaired) electrons. The second-order valence-electron chi connectivity index (χ2n) is 6.66. The number of carbonyl (C=O) groups excluding carboxylic acids is 3. The summed E-state index contributed by atoms with van der Waals surface area (Å²) in [5, 5.41) is 2.40. The molecule has 10 heteroatoms. The van der Waals surface area contributed by atoms with Crippen molar-refractivity contribution in [1.29, 1.82) is 0 Å². The lowest BCUT2D eigenvalue weighted by molar-refractivity contribution is -0.137. The smallest absolute Gasteiger partial charge is 0.368 e. The first-order chi connectivity index (χ1) is 12.9. The minimum Gasteiger partial charge on any atom is -0.368 e. The fourth-order valence-corrected chi connectivity index (χ4v) is 2.08. The van der Waals surface area contributed by atoms with Crippen LogP contribution in [0.3, 0.4) is 0 Å². The van der Waals surface area contributed by atoms with Crippen molar-refractivity contribution in [3.8, 4) is 0 Å². The van der Waals surface area contributed by atoms with Gasteiger partial charge in [-0.25, -0.2) is 4.99 Å². The number of carbonyl (C=O) groups is 3. The van der Waals surface area contributed by atoms with Crippen LogP contribution in [0.4, 0.5) is 13.2 Å². The molecule has 0 bridgehead atoms. The summed E-state index contributed by atoms with van der Waals surface area (Å²) < 4.78 is 37.7. The molecule has 5 N–H and O–H groups in total. The summed E-state index contributed by atoms with van der Waals surface area (Å²) in [7, 11) is 0. The molecule has 0 fully saturated rings. The molecule has 154 valence electrons. The second kappa shape index (κ2) is 9.45. The topological polar surface area (TPSA) is 128 Å². The molecule has 0 aliphatic heterocycles. The van der Waals surface area contributed by atoms with E-state index in [0.717, 1.165) is 12.1 Å². The molecule has 0 atom stereocenters. The van der Waals surface area contributed by atoms with Gasteiger partial charge in [-0.15, -0.1) is 0 Å². The van der Waals surface area contributed by atoms with E-state index in [9.17, 15) is 27.6 Å². The molecule has 0 aliphatic carbocycles. The van der Waals surface area contributed by atoms with Crippen LogP contribution in [0.5, 0.6) is 0 Å². The standard InChI is InChI=1S/C18H23F3N4O3/c1-17(2,16(23)28)25-15(27)13(4-3-9-22)24-14(26)10-11-5-7-12(8-6-11)18(19,20)21/h5-8H,3-4,9-10,22H2,1-2H3,(H2,23,28)(H,25,27). The Kier molecular flexibility index (Phi) is 7.86. The highest BCUT2D eigenvalue weighted by Gasteiger charge is 2.30. The van der Waals surface area contributed by atoms with Crippen LogP contribution >= 0.6 is 0 Å². The van der Waals surface area contributed by atoms with E-state index in [1.165, 1.54) is 26.0 Å². The Hall–Kier alpha value is -2.75. The van der Waals surface area contributed by atoms with E-state index in [0.29, 0.717) is 12.0 Å². The summed E-state index contributed by atoms with van der Waals surface area (Å²) in [5.41, 5.74) is 8.63. The molecule has 0 aliphatic rings. The first-order valence-corrected chi connectivity index (χ1v) is 8.46. The molecule has 0 saturated carbocycles. The van der Waals surface area contributed by atoms with Gasteiger partial charge in [0.25, 0.3) is 11.8 Å². The number of benzene rings is 1. The summed E-state index contributed by atoms with van der Waals surface area (Å²) in [6.07, 6.45) is -4.29. The van der Waals surface area contributed by atoms with Crippen molar-refractivity contribution in [2.24, 2.45) is 16.5 Å². The zero-order valence-electron chi connectivity index (χ0n) is 15.6. The van der Waals surface area contributed by atoms with Gasteiger partial charge in [0.2, 0.25) is 5.91 Å². The second-order valence-corrected chi connectivity index (χ2v) is 6.66. The first-order valence-electron chi connectivity index (χ1n) is 8.46. The third kappa shape index (κ3) is 7.10. The molecule has 3 amide bonds. The number of alkyl halides is 3. The summed E-state index contributed by atoms with van der Waals surface area (Å²) in [4.78, 5) is 39.6. The van der Waals surface area contributed by atoms with Crippen molar-refractivity contribution in [2.45, 2.75) is 44.8 Å². The number of nitrogens with two attached hydrogens (primary N) is 2. The Balaban J connectivity index is 2.93. The van der Waals surface area contributed by atoms with E-state index in [2.05, 4.69) is 10.3 Å². The lowest BCUT2D eigenvalue weighted by Crippen LogP contribution is -2.54. The first kappa shape index (κ1) is 23.3. The van der Waals surface area contributed by atoms with Crippen LogP contribution in [-0.4, -0.2) is 35.5 Å².